The van der Waals surface area contributed by atoms with Crippen molar-refractivity contribution in [2.75, 3.05) is 13.8 Å². The molecule has 6 nitrogen and oxygen atoms in total. The molecule has 1 amide bonds. The number of rotatable bonds is 9. The third-order valence-electron chi connectivity index (χ3n) is 2.24. The van der Waals surface area contributed by atoms with Crippen LogP contribution in [-0.2, 0) is 9.53 Å². The molecule has 120 valence electrons. The normalized spacial score (nSPS) is 14.2. The molecule has 8 heteroatoms. The molecule has 0 saturated heterocycles. The first kappa shape index (κ1) is 19.9. The van der Waals surface area contributed by atoms with Crippen molar-refractivity contribution in [2.24, 2.45) is 15.7 Å². The van der Waals surface area contributed by atoms with E-state index < -0.39 is 5.91 Å². The molecule has 0 radical (unpaired) electrons. The third-order valence-corrected chi connectivity index (χ3v) is 2.56. The highest BCUT2D eigenvalue weighted by atomic mass is 35.5. The van der Waals surface area contributed by atoms with Crippen LogP contribution in [0.5, 0.6) is 0 Å². The highest BCUT2D eigenvalue weighted by molar-refractivity contribution is 6.39. The summed E-state index contributed by atoms with van der Waals surface area (Å²) in [4.78, 5) is 18.6. The summed E-state index contributed by atoms with van der Waals surface area (Å²) in [5.74, 6) is -0.159. The summed E-state index contributed by atoms with van der Waals surface area (Å²) < 4.78 is 5.21. The number of nitrogens with zero attached hydrogens (tertiary/aromatic N) is 2. The van der Waals surface area contributed by atoms with Crippen molar-refractivity contribution < 1.29 is 9.53 Å². The molecule has 0 heterocycles. The van der Waals surface area contributed by atoms with E-state index in [1.807, 2.05) is 0 Å². The predicted molar refractivity (Wildman–Crippen MR) is 92.0 cm³/mol. The van der Waals surface area contributed by atoms with Crippen LogP contribution in [0.3, 0.4) is 0 Å². The summed E-state index contributed by atoms with van der Waals surface area (Å²) in [5.41, 5.74) is 7.35. The minimum atomic E-state index is -0.546. The van der Waals surface area contributed by atoms with Gasteiger partial charge in [-0.3, -0.25) is 14.8 Å². The van der Waals surface area contributed by atoms with Gasteiger partial charge < -0.3 is 15.8 Å². The molecule has 0 aliphatic rings. The van der Waals surface area contributed by atoms with E-state index in [-0.39, 0.29) is 6.67 Å². The molecule has 0 spiro atoms. The lowest BCUT2D eigenvalue weighted by molar-refractivity contribution is -0.114. The fourth-order valence-electron chi connectivity index (χ4n) is 1.19. The first-order valence-electron chi connectivity index (χ1n) is 6.04. The van der Waals surface area contributed by atoms with Crippen molar-refractivity contribution in [3.8, 4) is 0 Å². The maximum Gasteiger partial charge on any atom is 0.244 e. The number of amides is 1. The second-order valence-corrected chi connectivity index (χ2v) is 4.50. The third kappa shape index (κ3) is 8.28. The predicted octanol–water partition coefficient (Wildman–Crippen LogP) is 2.43. The number of nitrogens with one attached hydrogen (secondary N) is 1. The van der Waals surface area contributed by atoms with Gasteiger partial charge in [0.1, 0.15) is 12.4 Å². The Morgan fingerprint density at radius 3 is 2.68 bits per heavy atom. The standard InChI is InChI=1S/C14H18Cl2N4O2/c1-10(14(17)21)6-13(22-3)12(4-5-15)20-9-19-8-11(16)7-18-2/h4-8,20H,2,9H2,1,3H3,(H2,17,21)/b5-4+,10-6+,11-7+,13-12-,19-8-. The number of allylic oxidation sites excluding steroid dienone is 3. The first-order valence-corrected chi connectivity index (χ1v) is 6.86. The molecule has 22 heavy (non-hydrogen) atoms. The summed E-state index contributed by atoms with van der Waals surface area (Å²) in [5, 5.41) is 3.31. The molecule has 0 saturated carbocycles. The highest BCUT2D eigenvalue weighted by Gasteiger charge is 2.05. The number of halogens is 2. The van der Waals surface area contributed by atoms with Gasteiger partial charge in [-0.05, 0) is 25.8 Å². The Balaban J connectivity index is 5.14. The number of methoxy groups -OCH3 is 1. The number of primary amides is 1. The minimum Gasteiger partial charge on any atom is -0.495 e. The molecule has 0 bridgehead atoms. The fraction of sp³-hybridized carbons (Fsp3) is 0.214. The van der Waals surface area contributed by atoms with Gasteiger partial charge in [-0.15, -0.1) is 0 Å². The zero-order valence-corrected chi connectivity index (χ0v) is 13.9. The molecule has 0 unspecified atom stereocenters. The van der Waals surface area contributed by atoms with E-state index in [1.165, 1.54) is 31.1 Å². The Labute approximate surface area is 139 Å². The zero-order valence-electron chi connectivity index (χ0n) is 12.3. The average Bonchev–Trinajstić information content (AvgIpc) is 2.48. The van der Waals surface area contributed by atoms with Crippen LogP contribution in [0.4, 0.5) is 0 Å². The van der Waals surface area contributed by atoms with Crippen LogP contribution in [0.1, 0.15) is 6.92 Å². The number of carbonyl (C=O) groups is 1. The molecule has 0 fully saturated rings. The van der Waals surface area contributed by atoms with Crippen LogP contribution in [0, 0.1) is 0 Å². The Bertz CT molecular complexity index is 549. The van der Waals surface area contributed by atoms with Gasteiger partial charge in [-0.25, -0.2) is 0 Å². The number of nitrogens with two attached hydrogens (primary N) is 1. The summed E-state index contributed by atoms with van der Waals surface area (Å²) in [6, 6.07) is 0. The minimum absolute atomic E-state index is 0.202. The van der Waals surface area contributed by atoms with Gasteiger partial charge in [0.2, 0.25) is 5.91 Å². The SMILES string of the molecule is C=N/C=C(Cl)\C=N/CNC(/C=C/Cl)=C(/C=C(\C)C(N)=O)OC. The second kappa shape index (κ2) is 11.6. The van der Waals surface area contributed by atoms with E-state index in [4.69, 9.17) is 33.7 Å². The number of hydrogen-bond donors (Lipinski definition) is 2. The van der Waals surface area contributed by atoms with E-state index in [0.29, 0.717) is 22.1 Å². The van der Waals surface area contributed by atoms with Crippen molar-refractivity contribution in [1.82, 2.24) is 5.32 Å². The van der Waals surface area contributed by atoms with Gasteiger partial charge in [-0.2, -0.15) is 0 Å². The first-order chi connectivity index (χ1) is 10.5. The smallest absolute Gasteiger partial charge is 0.244 e. The lowest BCUT2D eigenvalue weighted by Crippen LogP contribution is -2.16. The Morgan fingerprint density at radius 1 is 1.50 bits per heavy atom. The molecular formula is C14H18Cl2N4O2. The van der Waals surface area contributed by atoms with Gasteiger partial charge in [0.25, 0.3) is 0 Å². The zero-order chi connectivity index (χ0) is 17.0. The maximum absolute atomic E-state index is 11.1. The molecular weight excluding hydrogens is 327 g/mol. The Kier molecular flexibility index (Phi) is 10.5. The van der Waals surface area contributed by atoms with Gasteiger partial charge >= 0.3 is 0 Å². The Hall–Kier alpha value is -2.05. The average molecular weight is 345 g/mol. The van der Waals surface area contributed by atoms with E-state index in [9.17, 15) is 4.79 Å². The van der Waals surface area contributed by atoms with E-state index in [1.54, 1.807) is 13.0 Å². The quantitative estimate of drug-likeness (QED) is 0.291. The van der Waals surface area contributed by atoms with Crippen molar-refractivity contribution in [1.29, 1.82) is 0 Å². The molecule has 0 aromatic carbocycles. The Morgan fingerprint density at radius 2 is 2.18 bits per heavy atom. The van der Waals surface area contributed by atoms with Crippen LogP contribution < -0.4 is 11.1 Å². The second-order valence-electron chi connectivity index (χ2n) is 3.81. The topological polar surface area (TPSA) is 89.1 Å². The van der Waals surface area contributed by atoms with Gasteiger partial charge in [-0.1, -0.05) is 23.2 Å². The molecule has 0 atom stereocenters. The van der Waals surface area contributed by atoms with E-state index in [2.05, 4.69) is 22.0 Å². The van der Waals surface area contributed by atoms with Gasteiger partial charge in [0, 0.05) is 23.5 Å². The largest absolute Gasteiger partial charge is 0.495 e. The number of carbonyl (C=O) groups excluding carboxylic acids is 1. The molecule has 0 aliphatic carbocycles. The van der Waals surface area contributed by atoms with Crippen LogP contribution >= 0.6 is 23.2 Å². The number of ether oxygens (including phenoxy) is 1. The molecule has 3 N–H and O–H groups in total. The van der Waals surface area contributed by atoms with Crippen LogP contribution in [-0.4, -0.2) is 32.6 Å². The van der Waals surface area contributed by atoms with Gasteiger partial charge in [0.05, 0.1) is 17.8 Å². The molecule has 0 aliphatic heterocycles. The monoisotopic (exact) mass is 344 g/mol. The lowest BCUT2D eigenvalue weighted by atomic mass is 10.2. The fourth-order valence-corrected chi connectivity index (χ4v) is 1.45. The summed E-state index contributed by atoms with van der Waals surface area (Å²) in [7, 11) is 1.46. The number of hydrogen-bond acceptors (Lipinski definition) is 5. The van der Waals surface area contributed by atoms with Gasteiger partial charge in [0.15, 0.2) is 0 Å². The van der Waals surface area contributed by atoms with Crippen molar-refractivity contribution >= 4 is 42.0 Å². The van der Waals surface area contributed by atoms with Crippen LogP contribution in [0.25, 0.3) is 0 Å². The van der Waals surface area contributed by atoms with Crippen LogP contribution in [0.2, 0.25) is 0 Å². The maximum atomic E-state index is 11.1. The summed E-state index contributed by atoms with van der Waals surface area (Å²) in [6.07, 6.45) is 5.84. The molecule has 0 rings (SSSR count). The lowest BCUT2D eigenvalue weighted by Gasteiger charge is -2.10. The van der Waals surface area contributed by atoms with E-state index in [0.717, 1.165) is 0 Å². The van der Waals surface area contributed by atoms with Crippen molar-refractivity contribution in [3.63, 3.8) is 0 Å². The highest BCUT2D eigenvalue weighted by Crippen LogP contribution is 2.10. The van der Waals surface area contributed by atoms with Crippen LogP contribution in [0.15, 0.2) is 55.9 Å². The summed E-state index contributed by atoms with van der Waals surface area (Å²) in [6.45, 7) is 5.06. The van der Waals surface area contributed by atoms with Crippen molar-refractivity contribution in [2.45, 2.75) is 6.92 Å². The summed E-state index contributed by atoms with van der Waals surface area (Å²) >= 11 is 11.4. The molecule has 0 aromatic rings. The molecule has 0 aromatic heterocycles. The number of aliphatic imine (C=N–C) groups is 2. The van der Waals surface area contributed by atoms with E-state index >= 15 is 0 Å². The van der Waals surface area contributed by atoms with Crippen molar-refractivity contribution in [3.05, 3.63) is 45.9 Å².